The van der Waals surface area contributed by atoms with Crippen LogP contribution in [0.3, 0.4) is 0 Å². The first-order valence-electron chi connectivity index (χ1n) is 11.0. The van der Waals surface area contributed by atoms with Gasteiger partial charge in [0.1, 0.15) is 11.9 Å². The molecule has 29 heavy (non-hydrogen) atoms. The maximum atomic E-state index is 12.9. The Bertz CT molecular complexity index is 830. The van der Waals surface area contributed by atoms with Gasteiger partial charge in [0, 0.05) is 36.3 Å². The molecule has 4 saturated carbocycles. The Morgan fingerprint density at radius 1 is 1.21 bits per heavy atom. The first-order valence-corrected chi connectivity index (χ1v) is 11.0. The molecule has 1 aromatic rings. The zero-order chi connectivity index (χ0) is 20.2. The lowest BCUT2D eigenvalue weighted by Crippen LogP contribution is -2.47. The average molecular weight is 399 g/mol. The van der Waals surface area contributed by atoms with Crippen LogP contribution in [0.15, 0.2) is 12.3 Å². The number of hydrogen-bond acceptors (Lipinski definition) is 5. The molecule has 4 aliphatic carbocycles. The minimum absolute atomic E-state index is 0.0895. The number of fused-ring (bicyclic) bond motifs is 1. The van der Waals surface area contributed by atoms with Gasteiger partial charge in [0.15, 0.2) is 0 Å². The van der Waals surface area contributed by atoms with Crippen LogP contribution in [-0.2, 0) is 9.53 Å². The normalized spacial score (nSPS) is 38.1. The van der Waals surface area contributed by atoms with Gasteiger partial charge in [0.2, 0.25) is 5.91 Å². The van der Waals surface area contributed by atoms with Gasteiger partial charge in [0.25, 0.3) is 0 Å². The highest BCUT2D eigenvalue weighted by Gasteiger charge is 2.55. The van der Waals surface area contributed by atoms with Crippen LogP contribution >= 0.6 is 0 Å². The number of carbonyl (C=O) groups excluding carboxylic acids is 2. The molecule has 2 N–H and O–H groups in total. The molecule has 0 radical (unpaired) electrons. The van der Waals surface area contributed by atoms with E-state index >= 15 is 0 Å². The molecule has 4 bridgehead atoms. The highest BCUT2D eigenvalue weighted by Crippen LogP contribution is 2.58. The number of hydrogen-bond donors (Lipinski definition) is 1. The molecule has 6 unspecified atom stereocenters. The Morgan fingerprint density at radius 2 is 2.00 bits per heavy atom. The molecule has 5 fully saturated rings. The van der Waals surface area contributed by atoms with Crippen molar-refractivity contribution in [3.05, 3.63) is 23.8 Å². The largest absolute Gasteiger partial charge is 0.446 e. The lowest BCUT2D eigenvalue weighted by molar-refractivity contribution is -0.135. The third-order valence-corrected chi connectivity index (χ3v) is 7.81. The van der Waals surface area contributed by atoms with E-state index in [0.29, 0.717) is 24.9 Å². The number of carbonyl (C=O) groups is 2. The second kappa shape index (κ2) is 6.96. The van der Waals surface area contributed by atoms with E-state index in [4.69, 9.17) is 10.5 Å². The van der Waals surface area contributed by atoms with Gasteiger partial charge >= 0.3 is 6.09 Å². The van der Waals surface area contributed by atoms with E-state index in [-0.39, 0.29) is 35.4 Å². The van der Waals surface area contributed by atoms with Gasteiger partial charge in [-0.3, -0.25) is 4.79 Å². The van der Waals surface area contributed by atoms with Gasteiger partial charge < -0.3 is 15.4 Å². The predicted octanol–water partition coefficient (Wildman–Crippen LogP) is 2.78. The molecule has 1 aliphatic heterocycles. The summed E-state index contributed by atoms with van der Waals surface area (Å²) in [6.07, 6.45) is 8.01. The quantitative estimate of drug-likeness (QED) is 0.844. The van der Waals surface area contributed by atoms with Gasteiger partial charge in [-0.25, -0.2) is 14.8 Å². The average Bonchev–Trinajstić information content (AvgIpc) is 3.10. The number of nitrogens with two attached hydrogens (primary N) is 1. The molecule has 5 aliphatic rings. The third-order valence-electron chi connectivity index (χ3n) is 7.81. The maximum absolute atomic E-state index is 12.9. The van der Waals surface area contributed by atoms with Crippen LogP contribution in [0.4, 0.5) is 4.79 Å². The summed E-state index contributed by atoms with van der Waals surface area (Å²) >= 11 is 0. The number of ether oxygens (including phenoxy) is 1. The molecule has 2 amide bonds. The highest BCUT2D eigenvalue weighted by molar-refractivity contribution is 5.81. The van der Waals surface area contributed by atoms with Crippen LogP contribution in [0.25, 0.3) is 0 Å². The summed E-state index contributed by atoms with van der Waals surface area (Å²) in [5.41, 5.74) is 6.41. The molecule has 6 rings (SSSR count). The third kappa shape index (κ3) is 3.38. The molecule has 0 aromatic carbocycles. The van der Waals surface area contributed by atoms with Crippen LogP contribution in [0, 0.1) is 30.1 Å². The Hall–Kier alpha value is -2.18. The molecule has 7 nitrogen and oxygen atoms in total. The number of nitrogens with zero attached hydrogens (tertiary/aromatic N) is 3. The number of likely N-dealkylation sites (tertiary alicyclic amines) is 1. The Kier molecular flexibility index (Phi) is 4.51. The number of primary amides is 1. The number of amides is 2. The summed E-state index contributed by atoms with van der Waals surface area (Å²) in [5.74, 6) is 2.09. The van der Waals surface area contributed by atoms with E-state index in [2.05, 4.69) is 9.97 Å². The molecule has 2 heterocycles. The van der Waals surface area contributed by atoms with Gasteiger partial charge in [-0.15, -0.1) is 0 Å². The van der Waals surface area contributed by atoms with Crippen molar-refractivity contribution in [2.24, 2.45) is 28.9 Å². The predicted molar refractivity (Wildman–Crippen MR) is 106 cm³/mol. The van der Waals surface area contributed by atoms with Crippen molar-refractivity contribution in [1.82, 2.24) is 14.9 Å². The van der Waals surface area contributed by atoms with Gasteiger partial charge in [-0.05, 0) is 75.7 Å². The molecule has 7 heteroatoms. The summed E-state index contributed by atoms with van der Waals surface area (Å²) in [4.78, 5) is 35.9. The summed E-state index contributed by atoms with van der Waals surface area (Å²) in [7, 11) is 0. The summed E-state index contributed by atoms with van der Waals surface area (Å²) < 4.78 is 6.06. The second-order valence-electron chi connectivity index (χ2n) is 9.87. The molecule has 0 spiro atoms. The smallest absolute Gasteiger partial charge is 0.410 e. The van der Waals surface area contributed by atoms with Crippen LogP contribution in [-0.4, -0.2) is 46.1 Å². The zero-order valence-corrected chi connectivity index (χ0v) is 17.0. The van der Waals surface area contributed by atoms with E-state index in [1.807, 2.05) is 13.0 Å². The van der Waals surface area contributed by atoms with Crippen molar-refractivity contribution in [2.45, 2.75) is 63.9 Å². The molecule has 156 valence electrons. The highest BCUT2D eigenvalue weighted by atomic mass is 16.6. The van der Waals surface area contributed by atoms with E-state index in [1.165, 1.54) is 0 Å². The maximum Gasteiger partial charge on any atom is 0.410 e. The molecule has 6 atom stereocenters. The topological polar surface area (TPSA) is 98.4 Å². The van der Waals surface area contributed by atoms with Gasteiger partial charge in [-0.1, -0.05) is 0 Å². The first kappa shape index (κ1) is 18.8. The van der Waals surface area contributed by atoms with Gasteiger partial charge in [-0.2, -0.15) is 0 Å². The van der Waals surface area contributed by atoms with E-state index in [1.54, 1.807) is 11.1 Å². The number of rotatable bonds is 3. The minimum Gasteiger partial charge on any atom is -0.446 e. The monoisotopic (exact) mass is 398 g/mol. The van der Waals surface area contributed by atoms with Crippen molar-refractivity contribution >= 4 is 12.0 Å². The number of aromatic nitrogens is 2. The van der Waals surface area contributed by atoms with Crippen LogP contribution in [0.5, 0.6) is 0 Å². The lowest BCUT2D eigenvalue weighted by atomic mass is 9.58. The van der Waals surface area contributed by atoms with Crippen molar-refractivity contribution < 1.29 is 14.3 Å². The molecule has 1 saturated heterocycles. The lowest BCUT2D eigenvalue weighted by Gasteiger charge is -2.46. The minimum atomic E-state index is -0.362. The SMILES string of the molecule is Cc1ccnc(C2CCN(C(=O)OC3CC4CC5CC3CC(C(N)=O)(C5)C4)C2)n1. The summed E-state index contributed by atoms with van der Waals surface area (Å²) in [5, 5.41) is 0. The molecular formula is C22H30N4O3. The van der Waals surface area contributed by atoms with Crippen LogP contribution in [0.2, 0.25) is 0 Å². The van der Waals surface area contributed by atoms with Crippen molar-refractivity contribution in [3.63, 3.8) is 0 Å². The van der Waals surface area contributed by atoms with E-state index in [9.17, 15) is 9.59 Å². The Balaban J connectivity index is 1.25. The molecular weight excluding hydrogens is 368 g/mol. The fraction of sp³-hybridized carbons (Fsp3) is 0.727. The second-order valence-corrected chi connectivity index (χ2v) is 9.87. The fourth-order valence-electron chi connectivity index (χ4n) is 6.62. The summed E-state index contributed by atoms with van der Waals surface area (Å²) in [6.45, 7) is 3.24. The first-order chi connectivity index (χ1) is 13.9. The fourth-order valence-corrected chi connectivity index (χ4v) is 6.62. The Morgan fingerprint density at radius 3 is 2.76 bits per heavy atom. The summed E-state index contributed by atoms with van der Waals surface area (Å²) in [6, 6.07) is 1.89. The zero-order valence-electron chi connectivity index (χ0n) is 17.0. The van der Waals surface area contributed by atoms with Crippen molar-refractivity contribution in [2.75, 3.05) is 13.1 Å². The van der Waals surface area contributed by atoms with Crippen LogP contribution in [0.1, 0.15) is 62.4 Å². The number of aryl methyl sites for hydroxylation is 1. The molecule has 1 aromatic heterocycles. The van der Waals surface area contributed by atoms with Crippen molar-refractivity contribution in [3.8, 4) is 0 Å². The van der Waals surface area contributed by atoms with E-state index in [0.717, 1.165) is 56.5 Å². The standard InChI is InChI=1S/C22H30N4O3/c1-13-2-4-24-19(25-13)16-3-5-26(12-16)21(28)29-18-8-15-6-14-7-17(18)11-22(9-14,10-15)20(23)27/h2,4,14-18H,3,5-12H2,1H3,(H2,23,27). The van der Waals surface area contributed by atoms with Crippen molar-refractivity contribution in [1.29, 1.82) is 0 Å². The van der Waals surface area contributed by atoms with E-state index < -0.39 is 0 Å². The van der Waals surface area contributed by atoms with Crippen LogP contribution < -0.4 is 5.73 Å². The van der Waals surface area contributed by atoms with Gasteiger partial charge in [0.05, 0.1) is 0 Å². The Labute approximate surface area is 171 Å².